The van der Waals surface area contributed by atoms with Gasteiger partial charge < -0.3 is 15.7 Å². The van der Waals surface area contributed by atoms with Crippen molar-refractivity contribution in [3.05, 3.63) is 28.2 Å². The number of benzene rings is 1. The molecule has 20 heavy (non-hydrogen) atoms. The average Bonchev–Trinajstić information content (AvgIpc) is 2.28. The van der Waals surface area contributed by atoms with E-state index in [0.717, 1.165) is 12.8 Å². The Hall–Kier alpha value is -1.56. The standard InChI is InChI=1S/C14H17BrN2O3/c1-8(9-3-2-4-9)16-14(20)17-12-7-10(13(18)19)5-6-11(12)15/h5-9H,2-4H2,1H3,(H,18,19)(H2,16,17,20). The number of rotatable bonds is 4. The zero-order valence-corrected chi connectivity index (χ0v) is 12.7. The van der Waals surface area contributed by atoms with Crippen molar-refractivity contribution in [1.29, 1.82) is 0 Å². The molecule has 0 heterocycles. The molecule has 1 saturated carbocycles. The molecule has 1 unspecified atom stereocenters. The minimum absolute atomic E-state index is 0.130. The summed E-state index contributed by atoms with van der Waals surface area (Å²) in [6, 6.07) is 4.33. The van der Waals surface area contributed by atoms with Crippen LogP contribution in [0.1, 0.15) is 36.5 Å². The zero-order chi connectivity index (χ0) is 14.7. The number of carbonyl (C=O) groups is 2. The summed E-state index contributed by atoms with van der Waals surface area (Å²) in [4.78, 5) is 22.8. The quantitative estimate of drug-likeness (QED) is 0.785. The Labute approximate surface area is 125 Å². The van der Waals surface area contributed by atoms with E-state index >= 15 is 0 Å². The van der Waals surface area contributed by atoms with E-state index in [0.29, 0.717) is 16.1 Å². The van der Waals surface area contributed by atoms with Crippen LogP contribution in [0, 0.1) is 5.92 Å². The number of urea groups is 1. The number of hydrogen-bond acceptors (Lipinski definition) is 2. The highest BCUT2D eigenvalue weighted by Crippen LogP contribution is 2.29. The molecular weight excluding hydrogens is 324 g/mol. The molecule has 1 aliphatic carbocycles. The van der Waals surface area contributed by atoms with Crippen LogP contribution in [0.5, 0.6) is 0 Å². The van der Waals surface area contributed by atoms with E-state index < -0.39 is 5.97 Å². The fraction of sp³-hybridized carbons (Fsp3) is 0.429. The Balaban J connectivity index is 1.99. The van der Waals surface area contributed by atoms with Crippen molar-refractivity contribution in [2.45, 2.75) is 32.2 Å². The number of anilines is 1. The van der Waals surface area contributed by atoms with Gasteiger partial charge in [-0.2, -0.15) is 0 Å². The number of carbonyl (C=O) groups excluding carboxylic acids is 1. The monoisotopic (exact) mass is 340 g/mol. The van der Waals surface area contributed by atoms with Crippen molar-refractivity contribution in [1.82, 2.24) is 5.32 Å². The smallest absolute Gasteiger partial charge is 0.335 e. The van der Waals surface area contributed by atoms with Crippen LogP contribution in [0.4, 0.5) is 10.5 Å². The third-order valence-electron chi connectivity index (χ3n) is 3.68. The highest BCUT2D eigenvalue weighted by molar-refractivity contribution is 9.10. The summed E-state index contributed by atoms with van der Waals surface area (Å²) in [6.07, 6.45) is 3.53. The van der Waals surface area contributed by atoms with Crippen LogP contribution in [0.15, 0.2) is 22.7 Å². The van der Waals surface area contributed by atoms with E-state index in [1.807, 2.05) is 6.92 Å². The van der Waals surface area contributed by atoms with Crippen molar-refractivity contribution in [2.24, 2.45) is 5.92 Å². The summed E-state index contributed by atoms with van der Waals surface area (Å²) < 4.78 is 0.647. The van der Waals surface area contributed by atoms with Gasteiger partial charge in [0.25, 0.3) is 0 Å². The minimum Gasteiger partial charge on any atom is -0.478 e. The van der Waals surface area contributed by atoms with Crippen molar-refractivity contribution in [3.8, 4) is 0 Å². The second kappa shape index (κ2) is 6.26. The molecule has 1 fully saturated rings. The molecule has 1 aromatic carbocycles. The molecule has 108 valence electrons. The van der Waals surface area contributed by atoms with Gasteiger partial charge in [-0.25, -0.2) is 9.59 Å². The van der Waals surface area contributed by atoms with Gasteiger partial charge in [-0.3, -0.25) is 0 Å². The fourth-order valence-electron chi connectivity index (χ4n) is 2.18. The molecule has 0 saturated heterocycles. The third-order valence-corrected chi connectivity index (χ3v) is 4.37. The van der Waals surface area contributed by atoms with Gasteiger partial charge >= 0.3 is 12.0 Å². The fourth-order valence-corrected chi connectivity index (χ4v) is 2.52. The summed E-state index contributed by atoms with van der Waals surface area (Å²) >= 11 is 3.29. The first-order valence-electron chi connectivity index (χ1n) is 6.57. The van der Waals surface area contributed by atoms with Gasteiger partial charge in [0.15, 0.2) is 0 Å². The van der Waals surface area contributed by atoms with Crippen LogP contribution in [0.25, 0.3) is 0 Å². The van der Waals surface area contributed by atoms with E-state index in [1.54, 1.807) is 6.07 Å². The summed E-state index contributed by atoms with van der Waals surface area (Å²) in [5.41, 5.74) is 0.582. The first-order chi connectivity index (χ1) is 9.47. The molecule has 2 amide bonds. The van der Waals surface area contributed by atoms with Crippen LogP contribution in [0.3, 0.4) is 0 Å². The Morgan fingerprint density at radius 1 is 1.40 bits per heavy atom. The number of aromatic carboxylic acids is 1. The molecule has 3 N–H and O–H groups in total. The predicted molar refractivity (Wildman–Crippen MR) is 80.1 cm³/mol. The predicted octanol–water partition coefficient (Wildman–Crippen LogP) is 3.46. The maximum Gasteiger partial charge on any atom is 0.335 e. The summed E-state index contributed by atoms with van der Waals surface area (Å²) in [5, 5.41) is 14.5. The molecule has 2 rings (SSSR count). The van der Waals surface area contributed by atoms with Gasteiger partial charge in [0.2, 0.25) is 0 Å². The summed E-state index contributed by atoms with van der Waals surface area (Å²) in [5.74, 6) is -0.474. The molecular formula is C14H17BrN2O3. The van der Waals surface area contributed by atoms with Gasteiger partial charge in [-0.05, 0) is 59.8 Å². The molecule has 6 heteroatoms. The molecule has 1 aromatic rings. The molecule has 0 aromatic heterocycles. The lowest BCUT2D eigenvalue weighted by molar-refractivity contribution is 0.0697. The number of nitrogens with one attached hydrogen (secondary N) is 2. The molecule has 1 aliphatic rings. The van der Waals surface area contributed by atoms with E-state index in [2.05, 4.69) is 26.6 Å². The Bertz CT molecular complexity index is 529. The van der Waals surface area contributed by atoms with Crippen molar-refractivity contribution >= 4 is 33.6 Å². The van der Waals surface area contributed by atoms with Crippen LogP contribution >= 0.6 is 15.9 Å². The Morgan fingerprint density at radius 2 is 2.10 bits per heavy atom. The molecule has 0 radical (unpaired) electrons. The van der Waals surface area contributed by atoms with Crippen LogP contribution < -0.4 is 10.6 Å². The van der Waals surface area contributed by atoms with Crippen LogP contribution in [0.2, 0.25) is 0 Å². The average molecular weight is 341 g/mol. The van der Waals surface area contributed by atoms with Crippen LogP contribution in [-0.4, -0.2) is 23.1 Å². The summed E-state index contributed by atoms with van der Waals surface area (Å²) in [6.45, 7) is 1.99. The first-order valence-corrected chi connectivity index (χ1v) is 7.37. The van der Waals surface area contributed by atoms with Gasteiger partial charge in [0.05, 0.1) is 11.3 Å². The van der Waals surface area contributed by atoms with E-state index in [4.69, 9.17) is 5.11 Å². The van der Waals surface area contributed by atoms with Crippen molar-refractivity contribution in [2.75, 3.05) is 5.32 Å². The van der Waals surface area contributed by atoms with Crippen molar-refractivity contribution < 1.29 is 14.7 Å². The molecule has 0 aliphatic heterocycles. The van der Waals surface area contributed by atoms with Crippen LogP contribution in [-0.2, 0) is 0 Å². The van der Waals surface area contributed by atoms with E-state index in [1.165, 1.54) is 18.6 Å². The zero-order valence-electron chi connectivity index (χ0n) is 11.1. The summed E-state index contributed by atoms with van der Waals surface area (Å²) in [7, 11) is 0. The minimum atomic E-state index is -1.02. The highest BCUT2D eigenvalue weighted by Gasteiger charge is 2.25. The number of carboxylic acids is 1. The maximum absolute atomic E-state index is 11.9. The molecule has 1 atom stereocenters. The SMILES string of the molecule is CC(NC(=O)Nc1cc(C(=O)O)ccc1Br)C1CCC1. The normalized spacial score (nSPS) is 16.1. The number of carboxylic acid groups (broad SMARTS) is 1. The van der Waals surface area contributed by atoms with Crippen molar-refractivity contribution in [3.63, 3.8) is 0 Å². The number of amides is 2. The lowest BCUT2D eigenvalue weighted by atomic mass is 9.80. The van der Waals surface area contributed by atoms with Gasteiger partial charge in [-0.15, -0.1) is 0 Å². The number of halogens is 1. The lowest BCUT2D eigenvalue weighted by Gasteiger charge is -2.31. The molecule has 0 bridgehead atoms. The molecule has 0 spiro atoms. The topological polar surface area (TPSA) is 78.4 Å². The Morgan fingerprint density at radius 3 is 2.65 bits per heavy atom. The van der Waals surface area contributed by atoms with Gasteiger partial charge in [-0.1, -0.05) is 6.42 Å². The molecule has 5 nitrogen and oxygen atoms in total. The Kier molecular flexibility index (Phi) is 4.65. The largest absolute Gasteiger partial charge is 0.478 e. The highest BCUT2D eigenvalue weighted by atomic mass is 79.9. The second-order valence-corrected chi connectivity index (χ2v) is 5.93. The second-order valence-electron chi connectivity index (χ2n) is 5.08. The lowest BCUT2D eigenvalue weighted by Crippen LogP contribution is -2.42. The van der Waals surface area contributed by atoms with Gasteiger partial charge in [0, 0.05) is 10.5 Å². The third kappa shape index (κ3) is 3.50. The maximum atomic E-state index is 11.9. The number of hydrogen-bond donors (Lipinski definition) is 3. The van der Waals surface area contributed by atoms with E-state index in [-0.39, 0.29) is 17.6 Å². The first kappa shape index (κ1) is 14.8. The van der Waals surface area contributed by atoms with E-state index in [9.17, 15) is 9.59 Å². The van der Waals surface area contributed by atoms with Gasteiger partial charge in [0.1, 0.15) is 0 Å².